The summed E-state index contributed by atoms with van der Waals surface area (Å²) in [6.45, 7) is 5.14. The molecule has 2 rings (SSSR count). The van der Waals surface area contributed by atoms with Crippen molar-refractivity contribution in [1.82, 2.24) is 5.32 Å². The molecule has 1 unspecified atom stereocenters. The Labute approximate surface area is 122 Å². The normalized spacial score (nSPS) is 30.3. The highest BCUT2D eigenvalue weighted by Crippen LogP contribution is 2.32. The van der Waals surface area contributed by atoms with Crippen LogP contribution < -0.4 is 5.32 Å². The first kappa shape index (κ1) is 14.5. The summed E-state index contributed by atoms with van der Waals surface area (Å²) in [6, 6.07) is 2.46. The van der Waals surface area contributed by atoms with Gasteiger partial charge in [0.2, 0.25) is 0 Å². The van der Waals surface area contributed by atoms with E-state index in [0.29, 0.717) is 12.6 Å². The molecule has 102 valence electrons. The maximum atomic E-state index is 10.5. The van der Waals surface area contributed by atoms with Crippen molar-refractivity contribution in [3.8, 4) is 0 Å². The molecule has 1 aliphatic rings. The predicted octanol–water partition coefficient (Wildman–Crippen LogP) is 4.10. The molecule has 2 N–H and O–H groups in total. The van der Waals surface area contributed by atoms with Crippen LogP contribution in [0.25, 0.3) is 0 Å². The molecule has 1 aromatic rings. The van der Waals surface area contributed by atoms with Crippen LogP contribution in [0.4, 0.5) is 0 Å². The van der Waals surface area contributed by atoms with E-state index in [1.54, 1.807) is 11.3 Å². The standard InChI is InChI=1S/C14H22BrNOS/c1-10-3-5-14(17,6-4-10)9-16-11(2)13-7-12(15)8-18-13/h7-8,10-11,16-17H,3-6,9H2,1-2H3. The minimum atomic E-state index is -0.491. The Kier molecular flexibility index (Phi) is 4.86. The van der Waals surface area contributed by atoms with Crippen molar-refractivity contribution >= 4 is 27.3 Å². The molecule has 0 amide bonds. The van der Waals surface area contributed by atoms with E-state index in [0.717, 1.165) is 36.1 Å². The molecule has 2 nitrogen and oxygen atoms in total. The van der Waals surface area contributed by atoms with Crippen LogP contribution in [0.2, 0.25) is 0 Å². The van der Waals surface area contributed by atoms with Gasteiger partial charge >= 0.3 is 0 Å². The van der Waals surface area contributed by atoms with E-state index in [-0.39, 0.29) is 0 Å². The molecule has 0 saturated heterocycles. The molecular weight excluding hydrogens is 310 g/mol. The van der Waals surface area contributed by atoms with E-state index in [1.165, 1.54) is 4.88 Å². The summed E-state index contributed by atoms with van der Waals surface area (Å²) in [4.78, 5) is 1.31. The number of halogens is 1. The maximum absolute atomic E-state index is 10.5. The summed E-state index contributed by atoms with van der Waals surface area (Å²) in [5.41, 5.74) is -0.491. The second-order valence-electron chi connectivity index (χ2n) is 5.68. The van der Waals surface area contributed by atoms with Gasteiger partial charge in [-0.05, 0) is 60.5 Å². The number of nitrogens with one attached hydrogen (secondary N) is 1. The average Bonchev–Trinajstić information content (AvgIpc) is 2.77. The third kappa shape index (κ3) is 3.80. The Balaban J connectivity index is 1.84. The minimum Gasteiger partial charge on any atom is -0.389 e. The van der Waals surface area contributed by atoms with Gasteiger partial charge < -0.3 is 10.4 Å². The second-order valence-corrected chi connectivity index (χ2v) is 7.54. The van der Waals surface area contributed by atoms with Crippen molar-refractivity contribution in [2.24, 2.45) is 5.92 Å². The number of thiophene rings is 1. The van der Waals surface area contributed by atoms with Gasteiger partial charge in [-0.2, -0.15) is 0 Å². The lowest BCUT2D eigenvalue weighted by atomic mass is 9.79. The largest absolute Gasteiger partial charge is 0.389 e. The summed E-state index contributed by atoms with van der Waals surface area (Å²) >= 11 is 5.23. The lowest BCUT2D eigenvalue weighted by Gasteiger charge is -2.35. The summed E-state index contributed by atoms with van der Waals surface area (Å²) in [7, 11) is 0. The van der Waals surface area contributed by atoms with E-state index >= 15 is 0 Å². The van der Waals surface area contributed by atoms with E-state index in [1.807, 2.05) is 0 Å². The Bertz CT molecular complexity index is 385. The summed E-state index contributed by atoms with van der Waals surface area (Å²) in [6.07, 6.45) is 4.16. The summed E-state index contributed by atoms with van der Waals surface area (Å²) in [5.74, 6) is 0.774. The van der Waals surface area contributed by atoms with Gasteiger partial charge in [-0.25, -0.2) is 0 Å². The van der Waals surface area contributed by atoms with Crippen LogP contribution in [0, 0.1) is 5.92 Å². The molecule has 0 spiro atoms. The molecule has 1 atom stereocenters. The highest BCUT2D eigenvalue weighted by atomic mass is 79.9. The van der Waals surface area contributed by atoms with E-state index in [9.17, 15) is 5.11 Å². The van der Waals surface area contributed by atoms with Gasteiger partial charge in [-0.1, -0.05) is 6.92 Å². The maximum Gasteiger partial charge on any atom is 0.0772 e. The summed E-state index contributed by atoms with van der Waals surface area (Å²) < 4.78 is 1.14. The SMILES string of the molecule is CC1CCC(O)(CNC(C)c2cc(Br)cs2)CC1. The minimum absolute atomic E-state index is 0.310. The van der Waals surface area contributed by atoms with Crippen molar-refractivity contribution in [2.75, 3.05) is 6.54 Å². The third-order valence-corrected chi connectivity index (χ3v) is 5.83. The van der Waals surface area contributed by atoms with Crippen LogP contribution in [0.5, 0.6) is 0 Å². The average molecular weight is 332 g/mol. The molecule has 1 aliphatic carbocycles. The smallest absolute Gasteiger partial charge is 0.0772 e. The molecule has 0 radical (unpaired) electrons. The van der Waals surface area contributed by atoms with Gasteiger partial charge in [-0.3, -0.25) is 0 Å². The van der Waals surface area contributed by atoms with Crippen molar-refractivity contribution in [3.05, 3.63) is 20.8 Å². The van der Waals surface area contributed by atoms with Crippen LogP contribution in [0.3, 0.4) is 0 Å². The predicted molar refractivity (Wildman–Crippen MR) is 81.0 cm³/mol. The Morgan fingerprint density at radius 3 is 2.78 bits per heavy atom. The lowest BCUT2D eigenvalue weighted by Crippen LogP contribution is -2.43. The quantitative estimate of drug-likeness (QED) is 0.870. The van der Waals surface area contributed by atoms with Gasteiger partial charge in [0.05, 0.1) is 5.60 Å². The second kappa shape index (κ2) is 6.04. The number of rotatable bonds is 4. The molecule has 1 heterocycles. The zero-order valence-electron chi connectivity index (χ0n) is 11.1. The highest BCUT2D eigenvalue weighted by molar-refractivity contribution is 9.10. The van der Waals surface area contributed by atoms with Gasteiger partial charge in [0.1, 0.15) is 0 Å². The van der Waals surface area contributed by atoms with Crippen molar-refractivity contribution < 1.29 is 5.11 Å². The van der Waals surface area contributed by atoms with Gasteiger partial charge in [0.25, 0.3) is 0 Å². The fourth-order valence-electron chi connectivity index (χ4n) is 2.48. The Hall–Kier alpha value is 0.1000. The monoisotopic (exact) mass is 331 g/mol. The van der Waals surface area contributed by atoms with Gasteiger partial charge in [0.15, 0.2) is 0 Å². The molecule has 1 saturated carbocycles. The zero-order chi connectivity index (χ0) is 13.2. The first-order valence-corrected chi connectivity index (χ1v) is 8.35. The van der Waals surface area contributed by atoms with Crippen LogP contribution in [-0.2, 0) is 0 Å². The first-order chi connectivity index (χ1) is 8.48. The highest BCUT2D eigenvalue weighted by Gasteiger charge is 2.31. The van der Waals surface area contributed by atoms with E-state index in [4.69, 9.17) is 0 Å². The number of hydrogen-bond donors (Lipinski definition) is 2. The fourth-order valence-corrected chi connectivity index (χ4v) is 3.95. The molecule has 1 aromatic heterocycles. The van der Waals surface area contributed by atoms with E-state index in [2.05, 4.69) is 46.5 Å². The molecule has 4 heteroatoms. The van der Waals surface area contributed by atoms with E-state index < -0.39 is 5.60 Å². The zero-order valence-corrected chi connectivity index (χ0v) is 13.5. The summed E-state index contributed by atoms with van der Waals surface area (Å²) in [5, 5.41) is 16.1. The molecule has 1 fully saturated rings. The topological polar surface area (TPSA) is 32.3 Å². The molecule has 0 aromatic carbocycles. The van der Waals surface area contributed by atoms with Crippen LogP contribution in [-0.4, -0.2) is 17.3 Å². The van der Waals surface area contributed by atoms with Gasteiger partial charge in [0, 0.05) is 27.3 Å². The number of aliphatic hydroxyl groups is 1. The first-order valence-electron chi connectivity index (χ1n) is 6.68. The van der Waals surface area contributed by atoms with Crippen LogP contribution >= 0.6 is 27.3 Å². The van der Waals surface area contributed by atoms with Crippen LogP contribution in [0.1, 0.15) is 50.4 Å². The fraction of sp³-hybridized carbons (Fsp3) is 0.714. The van der Waals surface area contributed by atoms with Crippen molar-refractivity contribution in [3.63, 3.8) is 0 Å². The molecular formula is C14H22BrNOS. The van der Waals surface area contributed by atoms with Gasteiger partial charge in [-0.15, -0.1) is 11.3 Å². The van der Waals surface area contributed by atoms with Crippen molar-refractivity contribution in [1.29, 1.82) is 0 Å². The Morgan fingerprint density at radius 1 is 1.56 bits per heavy atom. The van der Waals surface area contributed by atoms with Crippen molar-refractivity contribution in [2.45, 2.75) is 51.2 Å². The Morgan fingerprint density at radius 2 is 2.22 bits per heavy atom. The van der Waals surface area contributed by atoms with Crippen LogP contribution in [0.15, 0.2) is 15.9 Å². The molecule has 18 heavy (non-hydrogen) atoms. The number of hydrogen-bond acceptors (Lipinski definition) is 3. The molecule has 0 bridgehead atoms. The lowest BCUT2D eigenvalue weighted by molar-refractivity contribution is -0.00777. The molecule has 0 aliphatic heterocycles. The third-order valence-electron chi connectivity index (χ3n) is 3.96.